The second-order valence-corrected chi connectivity index (χ2v) is 23.5. The fourth-order valence-electron chi connectivity index (χ4n) is 10.7. The van der Waals surface area contributed by atoms with Crippen LogP contribution >= 0.6 is 0 Å². The van der Waals surface area contributed by atoms with Crippen LogP contribution in [0.15, 0.2) is 24.3 Å². The zero-order chi connectivity index (χ0) is 54.3. The number of rotatable bonds is 64. The summed E-state index contributed by atoms with van der Waals surface area (Å²) >= 11 is 0. The van der Waals surface area contributed by atoms with E-state index in [-0.39, 0.29) is 18.5 Å². The van der Waals surface area contributed by atoms with Crippen LogP contribution in [-0.2, 0) is 14.3 Å². The van der Waals surface area contributed by atoms with E-state index in [1.165, 1.54) is 308 Å². The molecule has 0 aromatic rings. The molecule has 444 valence electrons. The van der Waals surface area contributed by atoms with Crippen molar-refractivity contribution < 1.29 is 24.5 Å². The van der Waals surface area contributed by atoms with Gasteiger partial charge in [-0.3, -0.25) is 9.59 Å². The van der Waals surface area contributed by atoms with E-state index in [0.717, 1.165) is 44.9 Å². The fraction of sp³-hybridized carbons (Fsp3) is 0.913. The van der Waals surface area contributed by atoms with Crippen LogP contribution in [0.3, 0.4) is 0 Å². The Kier molecular flexibility index (Phi) is 63.4. The van der Waals surface area contributed by atoms with Crippen LogP contribution in [0.4, 0.5) is 0 Å². The van der Waals surface area contributed by atoms with Crippen LogP contribution in [0, 0.1) is 0 Å². The van der Waals surface area contributed by atoms with Gasteiger partial charge in [0.25, 0.3) is 0 Å². The van der Waals surface area contributed by atoms with E-state index in [1.54, 1.807) is 6.08 Å². The molecule has 0 aromatic heterocycles. The third-order valence-corrected chi connectivity index (χ3v) is 16.0. The lowest BCUT2D eigenvalue weighted by atomic mass is 10.0. The van der Waals surface area contributed by atoms with Crippen molar-refractivity contribution in [2.24, 2.45) is 0 Å². The highest BCUT2D eigenvalue weighted by molar-refractivity contribution is 5.76. The Balaban J connectivity index is 3.41. The first kappa shape index (κ1) is 73.3. The van der Waals surface area contributed by atoms with Crippen molar-refractivity contribution in [3.8, 4) is 0 Å². The van der Waals surface area contributed by atoms with Gasteiger partial charge in [0.15, 0.2) is 0 Å². The highest BCUT2D eigenvalue weighted by Crippen LogP contribution is 2.18. The summed E-state index contributed by atoms with van der Waals surface area (Å²) in [6.45, 7) is 4.93. The molecule has 2 atom stereocenters. The first-order valence-electron chi connectivity index (χ1n) is 34.1. The average molecular weight is 1060 g/mol. The molecular formula is C69H133NO5. The molecule has 0 spiro atoms. The largest absolute Gasteiger partial charge is 0.466 e. The van der Waals surface area contributed by atoms with Crippen molar-refractivity contribution in [3.63, 3.8) is 0 Å². The van der Waals surface area contributed by atoms with Crippen molar-refractivity contribution in [1.82, 2.24) is 5.32 Å². The first-order chi connectivity index (χ1) is 37.0. The van der Waals surface area contributed by atoms with E-state index >= 15 is 0 Å². The monoisotopic (exact) mass is 1060 g/mol. The molecule has 1 amide bonds. The molecule has 0 aliphatic heterocycles. The Labute approximate surface area is 469 Å². The Morgan fingerprint density at radius 3 is 0.947 bits per heavy atom. The van der Waals surface area contributed by atoms with Crippen molar-refractivity contribution in [1.29, 1.82) is 0 Å². The maximum atomic E-state index is 12.5. The van der Waals surface area contributed by atoms with Crippen LogP contribution < -0.4 is 5.32 Å². The predicted octanol–water partition coefficient (Wildman–Crippen LogP) is 21.8. The molecule has 0 heterocycles. The molecule has 0 bridgehead atoms. The van der Waals surface area contributed by atoms with Crippen molar-refractivity contribution in [2.45, 2.75) is 392 Å². The maximum absolute atomic E-state index is 12.5. The Morgan fingerprint density at radius 1 is 0.360 bits per heavy atom. The number of carbonyl (C=O) groups excluding carboxylic acids is 2. The van der Waals surface area contributed by atoms with Gasteiger partial charge in [-0.2, -0.15) is 0 Å². The van der Waals surface area contributed by atoms with Gasteiger partial charge in [0.2, 0.25) is 5.91 Å². The average Bonchev–Trinajstić information content (AvgIpc) is 3.41. The maximum Gasteiger partial charge on any atom is 0.305 e. The number of aliphatic hydroxyl groups is 2. The summed E-state index contributed by atoms with van der Waals surface area (Å²) in [4.78, 5) is 24.6. The summed E-state index contributed by atoms with van der Waals surface area (Å²) in [7, 11) is 0. The van der Waals surface area contributed by atoms with Gasteiger partial charge in [-0.05, 0) is 57.8 Å². The lowest BCUT2D eigenvalue weighted by molar-refractivity contribution is -0.143. The zero-order valence-corrected chi connectivity index (χ0v) is 50.8. The molecule has 0 saturated carbocycles. The number of hydrogen-bond acceptors (Lipinski definition) is 5. The summed E-state index contributed by atoms with van der Waals surface area (Å²) in [5.74, 6) is -0.0584. The molecule has 0 radical (unpaired) electrons. The summed E-state index contributed by atoms with van der Waals surface area (Å²) in [5, 5.41) is 23.2. The van der Waals surface area contributed by atoms with Crippen LogP contribution in [0.25, 0.3) is 0 Å². The minimum Gasteiger partial charge on any atom is -0.466 e. The number of hydrogen-bond donors (Lipinski definition) is 3. The van der Waals surface area contributed by atoms with Gasteiger partial charge in [0.1, 0.15) is 0 Å². The summed E-state index contributed by atoms with van der Waals surface area (Å²) in [6, 6.07) is -0.630. The minimum atomic E-state index is -0.847. The van der Waals surface area contributed by atoms with E-state index in [4.69, 9.17) is 4.74 Å². The number of ether oxygens (including phenoxy) is 1. The highest BCUT2D eigenvalue weighted by Gasteiger charge is 2.18. The summed E-state index contributed by atoms with van der Waals surface area (Å²) < 4.78 is 5.50. The third kappa shape index (κ3) is 61.4. The molecule has 6 heteroatoms. The van der Waals surface area contributed by atoms with Crippen LogP contribution in [-0.4, -0.2) is 47.4 Å². The second kappa shape index (κ2) is 64.9. The summed E-state index contributed by atoms with van der Waals surface area (Å²) in [5.41, 5.74) is 0. The van der Waals surface area contributed by atoms with Crippen LogP contribution in [0.5, 0.6) is 0 Å². The zero-order valence-electron chi connectivity index (χ0n) is 50.8. The van der Waals surface area contributed by atoms with Crippen molar-refractivity contribution in [3.05, 3.63) is 24.3 Å². The molecule has 6 nitrogen and oxygen atoms in total. The molecule has 3 N–H and O–H groups in total. The van der Waals surface area contributed by atoms with E-state index in [1.807, 2.05) is 6.08 Å². The minimum absolute atomic E-state index is 0.00789. The fourth-order valence-corrected chi connectivity index (χ4v) is 10.7. The molecule has 2 unspecified atom stereocenters. The highest BCUT2D eigenvalue weighted by atomic mass is 16.5. The molecule has 0 aromatic carbocycles. The van der Waals surface area contributed by atoms with Crippen molar-refractivity contribution >= 4 is 11.9 Å². The van der Waals surface area contributed by atoms with Crippen LogP contribution in [0.1, 0.15) is 380 Å². The third-order valence-electron chi connectivity index (χ3n) is 16.0. The molecule has 0 saturated heterocycles. The number of amides is 1. The quantitative estimate of drug-likeness (QED) is 0.0320. The standard InChI is InChI=1S/C69H133NO5/c1-3-5-7-9-11-13-15-17-19-21-23-26-29-33-37-41-45-49-53-57-61-67(72)66(65-71)70-68(73)62-58-54-50-46-42-38-34-30-27-24-25-28-32-36-40-44-48-52-56-60-64-75-69(74)63-59-55-51-47-43-39-35-31-22-20-18-16-14-12-10-8-6-4-2/h20,22,57,61,66-67,71-72H,3-19,21,23-56,58-60,62-65H2,1-2H3,(H,70,73)/b22-20-,61-57+. The van der Waals surface area contributed by atoms with Gasteiger partial charge in [-0.15, -0.1) is 0 Å². The molecule has 0 aliphatic carbocycles. The van der Waals surface area contributed by atoms with E-state index in [2.05, 4.69) is 31.3 Å². The smallest absolute Gasteiger partial charge is 0.305 e. The lowest BCUT2D eigenvalue weighted by Crippen LogP contribution is -2.45. The molecule has 0 aliphatic rings. The Bertz CT molecular complexity index is 1170. The number of carbonyl (C=O) groups is 2. The molecule has 0 rings (SSSR count). The Hall–Kier alpha value is -1.66. The van der Waals surface area contributed by atoms with E-state index in [0.29, 0.717) is 19.4 Å². The van der Waals surface area contributed by atoms with Gasteiger partial charge < -0.3 is 20.3 Å². The van der Waals surface area contributed by atoms with Crippen LogP contribution in [0.2, 0.25) is 0 Å². The van der Waals surface area contributed by atoms with Gasteiger partial charge in [0.05, 0.1) is 25.4 Å². The van der Waals surface area contributed by atoms with E-state index < -0.39 is 12.1 Å². The number of aliphatic hydroxyl groups excluding tert-OH is 2. The SMILES string of the molecule is CCCCCCCCC/C=C\CCCCCCCCCC(=O)OCCCCCCCCCCCCCCCCCCCCCCC(=O)NC(CO)C(O)/C=C/CCCCCCCCCCCCCCCCCCCC. The molecular weight excluding hydrogens is 923 g/mol. The normalized spacial score (nSPS) is 12.6. The van der Waals surface area contributed by atoms with E-state index in [9.17, 15) is 19.8 Å². The number of esters is 1. The predicted molar refractivity (Wildman–Crippen MR) is 329 cm³/mol. The number of allylic oxidation sites excluding steroid dienone is 3. The van der Waals surface area contributed by atoms with Gasteiger partial charge >= 0.3 is 5.97 Å². The number of unbranched alkanes of at least 4 members (excludes halogenated alkanes) is 51. The second-order valence-electron chi connectivity index (χ2n) is 23.5. The topological polar surface area (TPSA) is 95.9 Å². The van der Waals surface area contributed by atoms with Gasteiger partial charge in [-0.1, -0.05) is 334 Å². The molecule has 0 fully saturated rings. The lowest BCUT2D eigenvalue weighted by Gasteiger charge is -2.20. The summed E-state index contributed by atoms with van der Waals surface area (Å²) in [6.07, 6.45) is 80.9. The van der Waals surface area contributed by atoms with Gasteiger partial charge in [0, 0.05) is 12.8 Å². The molecule has 75 heavy (non-hydrogen) atoms. The Morgan fingerprint density at radius 2 is 0.627 bits per heavy atom. The van der Waals surface area contributed by atoms with Gasteiger partial charge in [-0.25, -0.2) is 0 Å². The van der Waals surface area contributed by atoms with Crippen molar-refractivity contribution in [2.75, 3.05) is 13.2 Å². The first-order valence-corrected chi connectivity index (χ1v) is 34.1. The number of nitrogens with one attached hydrogen (secondary N) is 1.